The Morgan fingerprint density at radius 1 is 1.12 bits per heavy atom. The zero-order valence-corrected chi connectivity index (χ0v) is 14.6. The molecule has 7 heteroatoms. The van der Waals surface area contributed by atoms with Gasteiger partial charge < -0.3 is 28.8 Å². The van der Waals surface area contributed by atoms with Crippen molar-refractivity contribution in [1.29, 1.82) is 0 Å². The quantitative estimate of drug-likeness (QED) is 0.811. The lowest BCUT2D eigenvalue weighted by Crippen LogP contribution is -2.70. The summed E-state index contributed by atoms with van der Waals surface area (Å²) in [6, 6.07) is 8.69. The average molecular weight is 340 g/mol. The Morgan fingerprint density at radius 2 is 1.71 bits per heavy atom. The monoisotopic (exact) mass is 340 g/mol. The van der Waals surface area contributed by atoms with Gasteiger partial charge in [-0.1, -0.05) is 30.3 Å². The van der Waals surface area contributed by atoms with Crippen LogP contribution in [0.25, 0.3) is 0 Å². The molecule has 0 spiro atoms. The number of hydrogen-bond donors (Lipinski definition) is 1. The van der Waals surface area contributed by atoms with Crippen molar-refractivity contribution in [2.24, 2.45) is 0 Å². The number of carbonyl (C=O) groups is 1. The molecular weight excluding hydrogens is 316 g/mol. The first-order valence-corrected chi connectivity index (χ1v) is 7.54. The predicted molar refractivity (Wildman–Crippen MR) is 84.0 cm³/mol. The molecule has 1 fully saturated rings. The molecule has 1 heterocycles. The number of rotatable bonds is 5. The summed E-state index contributed by atoms with van der Waals surface area (Å²) in [6.45, 7) is 2.94. The molecule has 1 aliphatic rings. The number of benzene rings is 1. The molecule has 0 radical (unpaired) electrons. The number of carbonyl (C=O) groups excluding carboxylic acids is 1. The maximum Gasteiger partial charge on any atom is 0.343 e. The summed E-state index contributed by atoms with van der Waals surface area (Å²) in [6.07, 6.45) is -1.32. The highest BCUT2D eigenvalue weighted by Gasteiger charge is 2.64. The van der Waals surface area contributed by atoms with Gasteiger partial charge in [0.25, 0.3) is 0 Å². The minimum absolute atomic E-state index is 0.265. The van der Waals surface area contributed by atoms with E-state index in [9.17, 15) is 9.90 Å². The number of ether oxygens (including phenoxy) is 5. The molecule has 1 aromatic carbocycles. The third-order valence-corrected chi connectivity index (χ3v) is 4.63. The maximum atomic E-state index is 12.5. The molecule has 1 aliphatic heterocycles. The van der Waals surface area contributed by atoms with Crippen molar-refractivity contribution in [2.75, 3.05) is 27.9 Å². The second kappa shape index (κ2) is 6.78. The highest BCUT2D eigenvalue weighted by molar-refractivity contribution is 5.81. The Labute approximate surface area is 141 Å². The second-order valence-corrected chi connectivity index (χ2v) is 5.88. The third-order valence-electron chi connectivity index (χ3n) is 4.63. The van der Waals surface area contributed by atoms with Crippen molar-refractivity contribution < 1.29 is 33.6 Å². The first-order chi connectivity index (χ1) is 11.3. The first-order valence-electron chi connectivity index (χ1n) is 7.54. The van der Waals surface area contributed by atoms with Gasteiger partial charge in [0.05, 0.1) is 13.7 Å². The van der Waals surface area contributed by atoms with Crippen molar-refractivity contribution in [3.05, 3.63) is 35.9 Å². The van der Waals surface area contributed by atoms with Crippen LogP contribution in [-0.4, -0.2) is 56.2 Å². The third kappa shape index (κ3) is 2.82. The van der Waals surface area contributed by atoms with Gasteiger partial charge in [-0.15, -0.1) is 0 Å². The summed E-state index contributed by atoms with van der Waals surface area (Å²) in [5, 5.41) is 10.9. The molecule has 0 aliphatic carbocycles. The van der Waals surface area contributed by atoms with Gasteiger partial charge >= 0.3 is 5.97 Å². The van der Waals surface area contributed by atoms with Crippen LogP contribution in [0.5, 0.6) is 0 Å². The molecular formula is C17H24O7. The Kier molecular flexibility index (Phi) is 5.31. The van der Waals surface area contributed by atoms with Gasteiger partial charge in [-0.3, -0.25) is 0 Å². The molecule has 0 amide bonds. The fourth-order valence-electron chi connectivity index (χ4n) is 2.74. The van der Waals surface area contributed by atoms with Crippen LogP contribution in [0.4, 0.5) is 0 Å². The molecule has 0 saturated carbocycles. The van der Waals surface area contributed by atoms with E-state index in [-0.39, 0.29) is 6.61 Å². The summed E-state index contributed by atoms with van der Waals surface area (Å²) < 4.78 is 27.4. The normalized spacial score (nSPS) is 34.6. The maximum absolute atomic E-state index is 12.5. The van der Waals surface area contributed by atoms with Crippen LogP contribution in [-0.2, 0) is 28.5 Å². The van der Waals surface area contributed by atoms with E-state index in [4.69, 9.17) is 23.7 Å². The molecule has 7 nitrogen and oxygen atoms in total. The van der Waals surface area contributed by atoms with E-state index in [0.717, 1.165) is 0 Å². The van der Waals surface area contributed by atoms with Crippen LogP contribution in [0.15, 0.2) is 30.3 Å². The topological polar surface area (TPSA) is 83.5 Å². The second-order valence-electron chi connectivity index (χ2n) is 5.88. The van der Waals surface area contributed by atoms with Gasteiger partial charge in [0, 0.05) is 14.2 Å². The lowest BCUT2D eigenvalue weighted by molar-refractivity contribution is -0.453. The van der Waals surface area contributed by atoms with Gasteiger partial charge in [0.15, 0.2) is 0 Å². The van der Waals surface area contributed by atoms with Crippen LogP contribution in [0.3, 0.4) is 0 Å². The summed E-state index contributed by atoms with van der Waals surface area (Å²) in [7, 11) is 4.07. The summed E-state index contributed by atoms with van der Waals surface area (Å²) in [5.41, 5.74) is -1.30. The van der Waals surface area contributed by atoms with Crippen molar-refractivity contribution in [3.8, 4) is 0 Å². The lowest BCUT2D eigenvalue weighted by atomic mass is 9.88. The number of esters is 1. The zero-order valence-electron chi connectivity index (χ0n) is 14.6. The van der Waals surface area contributed by atoms with Gasteiger partial charge in [-0.25, -0.2) is 4.79 Å². The Morgan fingerprint density at radius 3 is 2.21 bits per heavy atom. The van der Waals surface area contributed by atoms with Crippen molar-refractivity contribution in [2.45, 2.75) is 37.1 Å². The Hall–Kier alpha value is -1.51. The van der Waals surface area contributed by atoms with Crippen LogP contribution in [0.1, 0.15) is 25.5 Å². The molecule has 0 unspecified atom stereocenters. The average Bonchev–Trinajstić information content (AvgIpc) is 2.63. The van der Waals surface area contributed by atoms with Crippen LogP contribution in [0, 0.1) is 0 Å². The smallest absolute Gasteiger partial charge is 0.343 e. The molecule has 134 valence electrons. The van der Waals surface area contributed by atoms with Gasteiger partial charge in [0.2, 0.25) is 17.2 Å². The van der Waals surface area contributed by atoms with E-state index in [1.807, 2.05) is 0 Å². The van der Waals surface area contributed by atoms with Gasteiger partial charge in [0.1, 0.15) is 6.10 Å². The van der Waals surface area contributed by atoms with E-state index in [0.29, 0.717) is 5.56 Å². The summed E-state index contributed by atoms with van der Waals surface area (Å²) in [4.78, 5) is 12.5. The Bertz CT molecular complexity index is 578. The fourth-order valence-corrected chi connectivity index (χ4v) is 2.74. The molecule has 0 aromatic heterocycles. The van der Waals surface area contributed by atoms with E-state index < -0.39 is 29.2 Å². The minimum atomic E-state index is -1.79. The Balaban J connectivity index is 2.49. The highest BCUT2D eigenvalue weighted by atomic mass is 16.8. The van der Waals surface area contributed by atoms with E-state index in [2.05, 4.69) is 0 Å². The number of methoxy groups -OCH3 is 3. The molecule has 1 aromatic rings. The van der Waals surface area contributed by atoms with Gasteiger partial charge in [-0.2, -0.15) is 0 Å². The van der Waals surface area contributed by atoms with E-state index in [1.165, 1.54) is 21.3 Å². The SMILES string of the molecule is COC(=O)[C@]1([C@H](O)c2ccccc2)CO[C@@](C)(OC)[C@](C)(OC)O1. The van der Waals surface area contributed by atoms with Crippen LogP contribution < -0.4 is 0 Å². The van der Waals surface area contributed by atoms with E-state index in [1.54, 1.807) is 44.2 Å². The fraction of sp³-hybridized carbons (Fsp3) is 0.588. The number of hydrogen-bond acceptors (Lipinski definition) is 7. The van der Waals surface area contributed by atoms with Crippen LogP contribution in [0.2, 0.25) is 0 Å². The van der Waals surface area contributed by atoms with Gasteiger partial charge in [-0.05, 0) is 19.4 Å². The molecule has 24 heavy (non-hydrogen) atoms. The van der Waals surface area contributed by atoms with Crippen molar-refractivity contribution in [1.82, 2.24) is 0 Å². The van der Waals surface area contributed by atoms with Crippen molar-refractivity contribution >= 4 is 5.97 Å². The minimum Gasteiger partial charge on any atom is -0.467 e. The zero-order chi connectivity index (χ0) is 18.0. The molecule has 1 saturated heterocycles. The summed E-state index contributed by atoms with van der Waals surface area (Å²) in [5.74, 6) is -3.49. The van der Waals surface area contributed by atoms with Crippen molar-refractivity contribution in [3.63, 3.8) is 0 Å². The van der Waals surface area contributed by atoms with E-state index >= 15 is 0 Å². The molecule has 1 N–H and O–H groups in total. The first kappa shape index (κ1) is 18.8. The standard InChI is InChI=1S/C17H24O7/c1-15(21-4)16(2,22-5)24-17(11-23-15,14(19)20-3)13(18)12-9-7-6-8-10-12/h6-10,13,18H,11H2,1-5H3/t13-,15-,16-,17-/m1/s1. The largest absolute Gasteiger partial charge is 0.467 e. The highest BCUT2D eigenvalue weighted by Crippen LogP contribution is 2.45. The summed E-state index contributed by atoms with van der Waals surface area (Å²) >= 11 is 0. The number of aliphatic hydroxyl groups is 1. The predicted octanol–water partition coefficient (Wildman–Crippen LogP) is 1.40. The molecule has 2 rings (SSSR count). The number of aliphatic hydroxyl groups excluding tert-OH is 1. The molecule has 4 atom stereocenters. The molecule has 0 bridgehead atoms. The lowest BCUT2D eigenvalue weighted by Gasteiger charge is -2.53. The van der Waals surface area contributed by atoms with Crippen LogP contribution >= 0.6 is 0 Å².